The Labute approximate surface area is 113 Å². The van der Waals surface area contributed by atoms with Crippen molar-refractivity contribution in [3.63, 3.8) is 0 Å². The number of rotatable bonds is 3. The van der Waals surface area contributed by atoms with Crippen molar-refractivity contribution < 1.29 is 13.2 Å². The first-order chi connectivity index (χ1) is 8.91. The Morgan fingerprint density at radius 1 is 1.32 bits per heavy atom. The molecule has 0 aliphatic heterocycles. The number of hydrogen-bond donors (Lipinski definition) is 1. The first-order valence-electron chi connectivity index (χ1n) is 5.48. The van der Waals surface area contributed by atoms with Crippen LogP contribution in [0.15, 0.2) is 30.5 Å². The van der Waals surface area contributed by atoms with E-state index in [0.717, 1.165) is 11.6 Å². The van der Waals surface area contributed by atoms with Gasteiger partial charge in [-0.1, -0.05) is 11.6 Å². The summed E-state index contributed by atoms with van der Waals surface area (Å²) in [5, 5.41) is 7.01. The zero-order valence-corrected chi connectivity index (χ0v) is 10.8. The van der Waals surface area contributed by atoms with Gasteiger partial charge in [-0.25, -0.2) is 4.68 Å². The van der Waals surface area contributed by atoms with Crippen LogP contribution in [-0.2, 0) is 12.7 Å². The van der Waals surface area contributed by atoms with Crippen LogP contribution in [0.2, 0.25) is 5.02 Å². The fourth-order valence-electron chi connectivity index (χ4n) is 1.72. The van der Waals surface area contributed by atoms with Crippen LogP contribution in [0, 0.1) is 0 Å². The summed E-state index contributed by atoms with van der Waals surface area (Å²) in [5.74, 6) is 0. The van der Waals surface area contributed by atoms with Gasteiger partial charge in [0.25, 0.3) is 0 Å². The van der Waals surface area contributed by atoms with Crippen molar-refractivity contribution >= 4 is 11.6 Å². The van der Waals surface area contributed by atoms with E-state index in [1.165, 1.54) is 10.9 Å². The van der Waals surface area contributed by atoms with Crippen molar-refractivity contribution in [3.05, 3.63) is 46.7 Å². The summed E-state index contributed by atoms with van der Waals surface area (Å²) >= 11 is 5.88. The molecule has 2 rings (SSSR count). The lowest BCUT2D eigenvalue weighted by molar-refractivity contribution is -0.141. The predicted molar refractivity (Wildman–Crippen MR) is 66.3 cm³/mol. The quantitative estimate of drug-likeness (QED) is 0.940. The Balaban J connectivity index is 2.44. The molecular weight excluding hydrogens is 279 g/mol. The van der Waals surface area contributed by atoms with E-state index in [4.69, 9.17) is 11.6 Å². The Morgan fingerprint density at radius 3 is 2.63 bits per heavy atom. The molecule has 0 aliphatic rings. The summed E-state index contributed by atoms with van der Waals surface area (Å²) in [6.45, 7) is 0.483. The van der Waals surface area contributed by atoms with Gasteiger partial charge in [0.05, 0.1) is 5.69 Å². The third-order valence-electron chi connectivity index (χ3n) is 2.54. The molecule has 0 saturated heterocycles. The molecule has 0 fully saturated rings. The monoisotopic (exact) mass is 289 g/mol. The molecule has 1 aromatic heterocycles. The molecule has 0 saturated carbocycles. The molecule has 0 spiro atoms. The van der Waals surface area contributed by atoms with Gasteiger partial charge >= 0.3 is 6.18 Å². The van der Waals surface area contributed by atoms with Crippen LogP contribution < -0.4 is 5.32 Å². The van der Waals surface area contributed by atoms with E-state index in [9.17, 15) is 13.2 Å². The predicted octanol–water partition coefficient (Wildman–Crippen LogP) is 3.26. The standard InChI is InChI=1S/C12H11ClF3N3/c1-17-7-8-6-9(13)2-3-10(8)19-5-4-11(18-19)12(14,15)16/h2-6,17H,7H2,1H3. The van der Waals surface area contributed by atoms with Crippen molar-refractivity contribution in [2.75, 3.05) is 7.05 Å². The molecule has 1 N–H and O–H groups in total. The Morgan fingerprint density at radius 2 is 2.05 bits per heavy atom. The zero-order chi connectivity index (χ0) is 14.0. The molecule has 0 radical (unpaired) electrons. The van der Waals surface area contributed by atoms with Gasteiger partial charge in [-0.2, -0.15) is 18.3 Å². The molecule has 1 heterocycles. The fourth-order valence-corrected chi connectivity index (χ4v) is 1.91. The lowest BCUT2D eigenvalue weighted by atomic mass is 10.2. The number of nitrogens with zero attached hydrogens (tertiary/aromatic N) is 2. The number of hydrogen-bond acceptors (Lipinski definition) is 2. The number of benzene rings is 1. The van der Waals surface area contributed by atoms with E-state index in [-0.39, 0.29) is 0 Å². The minimum Gasteiger partial charge on any atom is -0.316 e. The maximum absolute atomic E-state index is 12.5. The number of aromatic nitrogens is 2. The third-order valence-corrected chi connectivity index (χ3v) is 2.77. The molecular formula is C12H11ClF3N3. The van der Waals surface area contributed by atoms with E-state index >= 15 is 0 Å². The molecule has 3 nitrogen and oxygen atoms in total. The Kier molecular flexibility index (Phi) is 3.82. The number of alkyl halides is 3. The first kappa shape index (κ1) is 13.9. The highest BCUT2D eigenvalue weighted by atomic mass is 35.5. The highest BCUT2D eigenvalue weighted by Gasteiger charge is 2.33. The maximum Gasteiger partial charge on any atom is 0.435 e. The number of nitrogens with one attached hydrogen (secondary N) is 1. The van der Waals surface area contributed by atoms with Crippen LogP contribution in [-0.4, -0.2) is 16.8 Å². The molecule has 19 heavy (non-hydrogen) atoms. The minimum atomic E-state index is -4.44. The summed E-state index contributed by atoms with van der Waals surface area (Å²) in [4.78, 5) is 0. The van der Waals surface area contributed by atoms with Crippen LogP contribution in [0.25, 0.3) is 5.69 Å². The van der Waals surface area contributed by atoms with E-state index in [1.807, 2.05) is 0 Å². The van der Waals surface area contributed by atoms with Gasteiger partial charge in [-0.3, -0.25) is 0 Å². The molecule has 102 valence electrons. The van der Waals surface area contributed by atoms with Gasteiger partial charge in [0.1, 0.15) is 0 Å². The van der Waals surface area contributed by atoms with Crippen molar-refractivity contribution in [1.82, 2.24) is 15.1 Å². The van der Waals surface area contributed by atoms with Gasteiger partial charge < -0.3 is 5.32 Å². The topological polar surface area (TPSA) is 29.9 Å². The zero-order valence-electron chi connectivity index (χ0n) is 10.0. The van der Waals surface area contributed by atoms with Gasteiger partial charge in [-0.05, 0) is 36.9 Å². The molecule has 0 amide bonds. The van der Waals surface area contributed by atoms with Crippen molar-refractivity contribution in [2.45, 2.75) is 12.7 Å². The van der Waals surface area contributed by atoms with E-state index in [1.54, 1.807) is 25.2 Å². The molecule has 1 aromatic carbocycles. The molecule has 7 heteroatoms. The highest BCUT2D eigenvalue weighted by molar-refractivity contribution is 6.30. The van der Waals surface area contributed by atoms with Crippen LogP contribution in [0.1, 0.15) is 11.3 Å². The lowest BCUT2D eigenvalue weighted by Gasteiger charge is -2.10. The van der Waals surface area contributed by atoms with Crippen LogP contribution in [0.5, 0.6) is 0 Å². The molecule has 0 atom stereocenters. The summed E-state index contributed by atoms with van der Waals surface area (Å²) in [6.07, 6.45) is -3.16. The summed E-state index contributed by atoms with van der Waals surface area (Å²) in [7, 11) is 1.74. The van der Waals surface area contributed by atoms with E-state index in [2.05, 4.69) is 10.4 Å². The normalized spacial score (nSPS) is 11.8. The summed E-state index contributed by atoms with van der Waals surface area (Å²) in [6, 6.07) is 5.90. The summed E-state index contributed by atoms with van der Waals surface area (Å²) in [5.41, 5.74) is 0.416. The SMILES string of the molecule is CNCc1cc(Cl)ccc1-n1ccc(C(F)(F)F)n1. The molecule has 0 bridgehead atoms. The first-order valence-corrected chi connectivity index (χ1v) is 5.86. The van der Waals surface area contributed by atoms with Gasteiger partial charge in [0.15, 0.2) is 5.69 Å². The average molecular weight is 290 g/mol. The second-order valence-electron chi connectivity index (χ2n) is 3.95. The number of halogens is 4. The van der Waals surface area contributed by atoms with E-state index < -0.39 is 11.9 Å². The fraction of sp³-hybridized carbons (Fsp3) is 0.250. The highest BCUT2D eigenvalue weighted by Crippen LogP contribution is 2.28. The largest absolute Gasteiger partial charge is 0.435 e. The van der Waals surface area contributed by atoms with Gasteiger partial charge in [-0.15, -0.1) is 0 Å². The second-order valence-corrected chi connectivity index (χ2v) is 4.38. The third kappa shape index (κ3) is 3.08. The van der Waals surface area contributed by atoms with Crippen molar-refractivity contribution in [2.24, 2.45) is 0 Å². The smallest absolute Gasteiger partial charge is 0.316 e. The molecule has 0 unspecified atom stereocenters. The van der Waals surface area contributed by atoms with Crippen LogP contribution >= 0.6 is 11.6 Å². The minimum absolute atomic E-state index is 0.483. The Bertz CT molecular complexity index is 578. The lowest BCUT2D eigenvalue weighted by Crippen LogP contribution is -2.11. The second kappa shape index (κ2) is 5.22. The van der Waals surface area contributed by atoms with Crippen LogP contribution in [0.4, 0.5) is 13.2 Å². The van der Waals surface area contributed by atoms with Gasteiger partial charge in [0.2, 0.25) is 0 Å². The van der Waals surface area contributed by atoms with Crippen LogP contribution in [0.3, 0.4) is 0 Å². The Hall–Kier alpha value is -1.53. The van der Waals surface area contributed by atoms with Gasteiger partial charge in [0, 0.05) is 17.8 Å². The average Bonchev–Trinajstić information content (AvgIpc) is 2.78. The molecule has 2 aromatic rings. The molecule has 0 aliphatic carbocycles. The maximum atomic E-state index is 12.5. The van der Waals surface area contributed by atoms with E-state index in [0.29, 0.717) is 17.3 Å². The summed E-state index contributed by atoms with van der Waals surface area (Å²) < 4.78 is 38.8. The van der Waals surface area contributed by atoms with Crippen molar-refractivity contribution in [3.8, 4) is 5.69 Å². The van der Waals surface area contributed by atoms with Crippen molar-refractivity contribution in [1.29, 1.82) is 0 Å².